The summed E-state index contributed by atoms with van der Waals surface area (Å²) in [6, 6.07) is 7.96. The van der Waals surface area contributed by atoms with Crippen molar-refractivity contribution in [3.05, 3.63) is 42.4 Å². The second kappa shape index (κ2) is 4.66. The molecule has 3 rings (SSSR count). The second-order valence-corrected chi connectivity index (χ2v) is 4.74. The second-order valence-electron chi connectivity index (χ2n) is 3.78. The zero-order valence-electron chi connectivity index (χ0n) is 9.50. The topological polar surface area (TPSA) is 80.5 Å². The highest BCUT2D eigenvalue weighted by Crippen LogP contribution is 2.21. The third-order valence-corrected chi connectivity index (χ3v) is 3.36. The number of hydrogen-bond donors (Lipinski definition) is 2. The van der Waals surface area contributed by atoms with E-state index in [0.29, 0.717) is 11.6 Å². The van der Waals surface area contributed by atoms with Crippen LogP contribution in [0.15, 0.2) is 41.8 Å². The molecule has 0 aliphatic carbocycles. The molecule has 5 nitrogen and oxygen atoms in total. The first-order valence-electron chi connectivity index (χ1n) is 5.45. The molecule has 0 saturated carbocycles. The predicted molar refractivity (Wildman–Crippen MR) is 72.1 cm³/mol. The molecule has 0 saturated heterocycles. The number of benzene rings is 1. The first-order chi connectivity index (χ1) is 8.81. The SMILES string of the molecule is Nc1cnc(CSc2nc3ccccc3[nH]2)cn1. The van der Waals surface area contributed by atoms with Gasteiger partial charge in [0.25, 0.3) is 0 Å². The summed E-state index contributed by atoms with van der Waals surface area (Å²) >= 11 is 1.60. The molecule has 0 aliphatic heterocycles. The number of aromatic nitrogens is 4. The van der Waals surface area contributed by atoms with Gasteiger partial charge in [0, 0.05) is 5.75 Å². The van der Waals surface area contributed by atoms with E-state index in [1.165, 1.54) is 0 Å². The summed E-state index contributed by atoms with van der Waals surface area (Å²) in [7, 11) is 0. The van der Waals surface area contributed by atoms with Gasteiger partial charge in [-0.05, 0) is 12.1 Å². The van der Waals surface area contributed by atoms with Crippen molar-refractivity contribution >= 4 is 28.6 Å². The standard InChI is InChI=1S/C12H11N5S/c13-11-6-14-8(5-15-11)7-18-12-16-9-3-1-2-4-10(9)17-12/h1-6H,7H2,(H2,13,15)(H,16,17). The molecule has 18 heavy (non-hydrogen) atoms. The smallest absolute Gasteiger partial charge is 0.166 e. The molecule has 0 amide bonds. The fraction of sp³-hybridized carbons (Fsp3) is 0.0833. The first kappa shape index (κ1) is 11.0. The third kappa shape index (κ3) is 2.28. The molecule has 0 bridgehead atoms. The van der Waals surface area contributed by atoms with Gasteiger partial charge in [0.15, 0.2) is 5.16 Å². The van der Waals surface area contributed by atoms with E-state index in [9.17, 15) is 0 Å². The minimum absolute atomic E-state index is 0.437. The molecule has 0 radical (unpaired) electrons. The van der Waals surface area contributed by atoms with E-state index in [-0.39, 0.29) is 0 Å². The summed E-state index contributed by atoms with van der Waals surface area (Å²) in [5, 5.41) is 0.884. The van der Waals surface area contributed by atoms with Crippen LogP contribution in [0, 0.1) is 0 Å². The molecule has 0 aliphatic rings. The van der Waals surface area contributed by atoms with Crippen LogP contribution in [-0.2, 0) is 5.75 Å². The summed E-state index contributed by atoms with van der Waals surface area (Å²) in [6.45, 7) is 0. The summed E-state index contributed by atoms with van der Waals surface area (Å²) in [5.41, 5.74) is 8.39. The number of H-pyrrole nitrogens is 1. The zero-order chi connectivity index (χ0) is 12.4. The van der Waals surface area contributed by atoms with Gasteiger partial charge in [-0.1, -0.05) is 23.9 Å². The van der Waals surface area contributed by atoms with E-state index >= 15 is 0 Å². The van der Waals surface area contributed by atoms with Crippen LogP contribution in [0.1, 0.15) is 5.69 Å². The normalized spacial score (nSPS) is 10.9. The van der Waals surface area contributed by atoms with E-state index < -0.39 is 0 Å². The molecule has 2 heterocycles. The fourth-order valence-electron chi connectivity index (χ4n) is 1.58. The molecule has 0 unspecified atom stereocenters. The van der Waals surface area contributed by atoms with E-state index in [4.69, 9.17) is 5.73 Å². The average Bonchev–Trinajstić information content (AvgIpc) is 2.81. The molecule has 2 aromatic heterocycles. The van der Waals surface area contributed by atoms with Gasteiger partial charge in [0.1, 0.15) is 5.82 Å². The Morgan fingerprint density at radius 1 is 1.17 bits per heavy atom. The van der Waals surface area contributed by atoms with Gasteiger partial charge in [-0.2, -0.15) is 0 Å². The monoisotopic (exact) mass is 257 g/mol. The Hall–Kier alpha value is -2.08. The number of para-hydroxylation sites is 2. The molecule has 3 N–H and O–H groups in total. The predicted octanol–water partition coefficient (Wildman–Crippen LogP) is 2.23. The van der Waals surface area contributed by atoms with Gasteiger partial charge < -0.3 is 10.7 Å². The summed E-state index contributed by atoms with van der Waals surface area (Å²) in [5.74, 6) is 1.15. The Labute approximate surface area is 108 Å². The van der Waals surface area contributed by atoms with Crippen LogP contribution in [0.5, 0.6) is 0 Å². The van der Waals surface area contributed by atoms with Crippen LogP contribution in [0.3, 0.4) is 0 Å². The van der Waals surface area contributed by atoms with Crippen LogP contribution in [0.25, 0.3) is 11.0 Å². The summed E-state index contributed by atoms with van der Waals surface area (Å²) in [6.07, 6.45) is 3.25. The summed E-state index contributed by atoms with van der Waals surface area (Å²) in [4.78, 5) is 15.9. The Balaban J connectivity index is 1.74. The maximum Gasteiger partial charge on any atom is 0.166 e. The number of imidazole rings is 1. The Kier molecular flexibility index (Phi) is 2.85. The highest BCUT2D eigenvalue weighted by Gasteiger charge is 2.03. The van der Waals surface area contributed by atoms with Gasteiger partial charge in [0.2, 0.25) is 0 Å². The lowest BCUT2D eigenvalue weighted by molar-refractivity contribution is 1.06. The van der Waals surface area contributed by atoms with Gasteiger partial charge in [0.05, 0.1) is 29.1 Å². The quantitative estimate of drug-likeness (QED) is 0.703. The lowest BCUT2D eigenvalue weighted by atomic mass is 10.3. The number of nitrogens with two attached hydrogens (primary N) is 1. The number of thioether (sulfide) groups is 1. The Bertz CT molecular complexity index is 629. The minimum atomic E-state index is 0.437. The zero-order valence-corrected chi connectivity index (χ0v) is 10.3. The first-order valence-corrected chi connectivity index (χ1v) is 6.44. The van der Waals surface area contributed by atoms with Crippen molar-refractivity contribution in [2.24, 2.45) is 0 Å². The molecule has 0 spiro atoms. The average molecular weight is 257 g/mol. The maximum atomic E-state index is 5.49. The molecule has 90 valence electrons. The molecule has 1 aromatic carbocycles. The van der Waals surface area contributed by atoms with Crippen molar-refractivity contribution < 1.29 is 0 Å². The number of rotatable bonds is 3. The largest absolute Gasteiger partial charge is 0.382 e. The van der Waals surface area contributed by atoms with Crippen molar-refractivity contribution in [1.82, 2.24) is 19.9 Å². The van der Waals surface area contributed by atoms with Crippen LogP contribution in [-0.4, -0.2) is 19.9 Å². The molecule has 3 aromatic rings. The number of nitrogen functional groups attached to an aromatic ring is 1. The third-order valence-electron chi connectivity index (χ3n) is 2.45. The number of nitrogens with zero attached hydrogens (tertiary/aromatic N) is 3. The van der Waals surface area contributed by atoms with Gasteiger partial charge in [-0.15, -0.1) is 0 Å². The van der Waals surface area contributed by atoms with E-state index in [2.05, 4.69) is 19.9 Å². The van der Waals surface area contributed by atoms with Crippen LogP contribution < -0.4 is 5.73 Å². The van der Waals surface area contributed by atoms with Crippen molar-refractivity contribution in [2.75, 3.05) is 5.73 Å². The van der Waals surface area contributed by atoms with Gasteiger partial charge in [-0.3, -0.25) is 4.98 Å². The van der Waals surface area contributed by atoms with Gasteiger partial charge >= 0.3 is 0 Å². The van der Waals surface area contributed by atoms with Crippen molar-refractivity contribution in [3.63, 3.8) is 0 Å². The molecular weight excluding hydrogens is 246 g/mol. The Morgan fingerprint density at radius 3 is 2.83 bits per heavy atom. The van der Waals surface area contributed by atoms with Crippen LogP contribution in [0.2, 0.25) is 0 Å². The highest BCUT2D eigenvalue weighted by molar-refractivity contribution is 7.98. The number of hydrogen-bond acceptors (Lipinski definition) is 5. The number of fused-ring (bicyclic) bond motifs is 1. The van der Waals surface area contributed by atoms with E-state index in [1.807, 2.05) is 24.3 Å². The molecule has 0 fully saturated rings. The lowest BCUT2D eigenvalue weighted by Crippen LogP contribution is -1.94. The van der Waals surface area contributed by atoms with Crippen LogP contribution >= 0.6 is 11.8 Å². The van der Waals surface area contributed by atoms with Gasteiger partial charge in [-0.25, -0.2) is 9.97 Å². The molecule has 0 atom stereocenters. The molecule has 6 heteroatoms. The minimum Gasteiger partial charge on any atom is -0.382 e. The van der Waals surface area contributed by atoms with Crippen molar-refractivity contribution in [3.8, 4) is 0 Å². The number of anilines is 1. The van der Waals surface area contributed by atoms with Crippen molar-refractivity contribution in [1.29, 1.82) is 0 Å². The van der Waals surface area contributed by atoms with E-state index in [1.54, 1.807) is 24.2 Å². The van der Waals surface area contributed by atoms with Crippen LogP contribution in [0.4, 0.5) is 5.82 Å². The fourth-order valence-corrected chi connectivity index (χ4v) is 2.36. The lowest BCUT2D eigenvalue weighted by Gasteiger charge is -1.97. The van der Waals surface area contributed by atoms with Crippen molar-refractivity contribution in [2.45, 2.75) is 10.9 Å². The summed E-state index contributed by atoms with van der Waals surface area (Å²) < 4.78 is 0. The maximum absolute atomic E-state index is 5.49. The highest BCUT2D eigenvalue weighted by atomic mass is 32.2. The number of aromatic amines is 1. The van der Waals surface area contributed by atoms with E-state index in [0.717, 1.165) is 21.9 Å². The Morgan fingerprint density at radius 2 is 2.06 bits per heavy atom. The number of nitrogens with one attached hydrogen (secondary N) is 1. The molecular formula is C12H11N5S.